The van der Waals surface area contributed by atoms with Crippen molar-refractivity contribution in [2.75, 3.05) is 31.1 Å². The van der Waals surface area contributed by atoms with E-state index in [1.165, 1.54) is 0 Å². The Morgan fingerprint density at radius 1 is 1.12 bits per heavy atom. The number of benzene rings is 1. The monoisotopic (exact) mass is 372 g/mol. The zero-order valence-electron chi connectivity index (χ0n) is 14.6. The van der Waals surface area contributed by atoms with Crippen LogP contribution in [-0.4, -0.2) is 47.9 Å². The number of nitrogens with one attached hydrogen (secondary N) is 1. The van der Waals surface area contributed by atoms with Crippen molar-refractivity contribution < 1.29 is 9.59 Å². The van der Waals surface area contributed by atoms with Crippen LogP contribution < -0.4 is 10.2 Å². The van der Waals surface area contributed by atoms with E-state index in [0.717, 1.165) is 11.4 Å². The molecule has 3 rings (SSSR count). The predicted octanol–water partition coefficient (Wildman–Crippen LogP) is 2.33. The average Bonchev–Trinajstić information content (AvgIpc) is 2.67. The van der Waals surface area contributed by atoms with Gasteiger partial charge in [-0.25, -0.2) is 4.98 Å². The minimum absolute atomic E-state index is 0.0907. The van der Waals surface area contributed by atoms with Crippen LogP contribution in [0, 0.1) is 0 Å². The van der Waals surface area contributed by atoms with Gasteiger partial charge in [0, 0.05) is 56.4 Å². The zero-order chi connectivity index (χ0) is 18.5. The van der Waals surface area contributed by atoms with Gasteiger partial charge in [0.2, 0.25) is 5.91 Å². The van der Waals surface area contributed by atoms with Gasteiger partial charge in [0.15, 0.2) is 0 Å². The molecule has 1 aliphatic heterocycles. The van der Waals surface area contributed by atoms with E-state index in [4.69, 9.17) is 11.6 Å². The molecule has 26 heavy (non-hydrogen) atoms. The molecule has 0 unspecified atom stereocenters. The van der Waals surface area contributed by atoms with Gasteiger partial charge in [0.05, 0.1) is 0 Å². The Kier molecular flexibility index (Phi) is 5.73. The molecule has 1 aromatic heterocycles. The van der Waals surface area contributed by atoms with Crippen LogP contribution in [0.5, 0.6) is 0 Å². The molecule has 6 nitrogen and oxygen atoms in total. The van der Waals surface area contributed by atoms with Gasteiger partial charge in [-0.05, 0) is 29.8 Å². The number of nitrogens with zero attached hydrogens (tertiary/aromatic N) is 3. The maximum atomic E-state index is 12.4. The first-order valence-electron chi connectivity index (χ1n) is 8.52. The number of amides is 2. The van der Waals surface area contributed by atoms with E-state index < -0.39 is 0 Å². The quantitative estimate of drug-likeness (QED) is 0.894. The molecule has 0 radical (unpaired) electrons. The Balaban J connectivity index is 1.60. The highest BCUT2D eigenvalue weighted by Crippen LogP contribution is 2.16. The molecule has 1 aliphatic rings. The molecule has 0 spiro atoms. The van der Waals surface area contributed by atoms with Gasteiger partial charge < -0.3 is 15.1 Å². The molecular weight excluding hydrogens is 352 g/mol. The number of carbonyl (C=O) groups is 2. The van der Waals surface area contributed by atoms with E-state index in [9.17, 15) is 9.59 Å². The highest BCUT2D eigenvalue weighted by molar-refractivity contribution is 6.30. The summed E-state index contributed by atoms with van der Waals surface area (Å²) in [5.74, 6) is 0.700. The highest BCUT2D eigenvalue weighted by atomic mass is 35.5. The maximum Gasteiger partial charge on any atom is 0.251 e. The summed E-state index contributed by atoms with van der Waals surface area (Å²) in [7, 11) is 0. The number of carbonyl (C=O) groups excluding carboxylic acids is 2. The Bertz CT molecular complexity index is 786. The summed E-state index contributed by atoms with van der Waals surface area (Å²) in [6, 6.07) is 10.9. The summed E-state index contributed by atoms with van der Waals surface area (Å²) in [4.78, 5) is 32.1. The first-order valence-corrected chi connectivity index (χ1v) is 8.90. The summed E-state index contributed by atoms with van der Waals surface area (Å²) in [6.07, 6.45) is 1.64. The van der Waals surface area contributed by atoms with E-state index in [-0.39, 0.29) is 11.8 Å². The summed E-state index contributed by atoms with van der Waals surface area (Å²) in [6.45, 7) is 4.78. The number of aromatic nitrogens is 1. The molecule has 2 amide bonds. The first-order chi connectivity index (χ1) is 12.5. The molecular formula is C19H21ClN4O2. The first kappa shape index (κ1) is 18.2. The summed E-state index contributed by atoms with van der Waals surface area (Å²) in [5.41, 5.74) is 1.55. The predicted molar refractivity (Wildman–Crippen MR) is 101 cm³/mol. The largest absolute Gasteiger partial charge is 0.353 e. The third-order valence-corrected chi connectivity index (χ3v) is 4.67. The summed E-state index contributed by atoms with van der Waals surface area (Å²) < 4.78 is 0. The third kappa shape index (κ3) is 4.52. The van der Waals surface area contributed by atoms with Gasteiger partial charge in [-0.3, -0.25) is 9.59 Å². The van der Waals surface area contributed by atoms with E-state index in [1.807, 2.05) is 17.0 Å². The Hall–Kier alpha value is -2.60. The van der Waals surface area contributed by atoms with Crippen molar-refractivity contribution in [2.24, 2.45) is 0 Å². The molecule has 1 fully saturated rings. The van der Waals surface area contributed by atoms with E-state index in [0.29, 0.717) is 43.3 Å². The van der Waals surface area contributed by atoms with Crippen LogP contribution in [0.3, 0.4) is 0 Å². The number of hydrogen-bond acceptors (Lipinski definition) is 4. The number of pyridine rings is 1. The second kappa shape index (κ2) is 8.19. The molecule has 136 valence electrons. The fraction of sp³-hybridized carbons (Fsp3) is 0.316. The highest BCUT2D eigenvalue weighted by Gasteiger charge is 2.20. The van der Waals surface area contributed by atoms with Gasteiger partial charge in [-0.1, -0.05) is 23.7 Å². The molecule has 1 saturated heterocycles. The normalized spacial score (nSPS) is 14.2. The molecule has 0 atom stereocenters. The van der Waals surface area contributed by atoms with Crippen molar-refractivity contribution in [3.05, 3.63) is 58.7 Å². The van der Waals surface area contributed by atoms with E-state index in [2.05, 4.69) is 15.2 Å². The lowest BCUT2D eigenvalue weighted by Gasteiger charge is -2.35. The maximum absolute atomic E-state index is 12.4. The minimum atomic E-state index is -0.147. The van der Waals surface area contributed by atoms with Gasteiger partial charge in [-0.2, -0.15) is 0 Å². The van der Waals surface area contributed by atoms with Crippen molar-refractivity contribution in [1.29, 1.82) is 0 Å². The van der Waals surface area contributed by atoms with Crippen molar-refractivity contribution in [3.63, 3.8) is 0 Å². The van der Waals surface area contributed by atoms with Crippen LogP contribution in [0.4, 0.5) is 5.82 Å². The fourth-order valence-corrected chi connectivity index (χ4v) is 3.00. The number of halogens is 1. The molecule has 2 aromatic rings. The topological polar surface area (TPSA) is 65.5 Å². The van der Waals surface area contributed by atoms with Crippen molar-refractivity contribution >= 4 is 29.2 Å². The van der Waals surface area contributed by atoms with Gasteiger partial charge in [0.25, 0.3) is 5.91 Å². The molecule has 2 heterocycles. The fourth-order valence-electron chi connectivity index (χ4n) is 2.87. The van der Waals surface area contributed by atoms with Crippen LogP contribution in [0.15, 0.2) is 42.6 Å². The summed E-state index contributed by atoms with van der Waals surface area (Å²) >= 11 is 5.87. The van der Waals surface area contributed by atoms with Crippen molar-refractivity contribution in [1.82, 2.24) is 15.2 Å². The van der Waals surface area contributed by atoms with E-state index >= 15 is 0 Å². The lowest BCUT2D eigenvalue weighted by molar-refractivity contribution is -0.129. The number of anilines is 1. The Morgan fingerprint density at radius 2 is 1.81 bits per heavy atom. The van der Waals surface area contributed by atoms with E-state index in [1.54, 1.807) is 37.4 Å². The second-order valence-corrected chi connectivity index (χ2v) is 6.64. The standard InChI is InChI=1S/C19H21ClN4O2/c1-14(25)23-8-10-24(11-9-23)18-12-16(6-7-21-18)19(26)22-13-15-2-4-17(20)5-3-15/h2-7,12H,8-11,13H2,1H3,(H,22,26). The van der Waals surface area contributed by atoms with Crippen LogP contribution in [0.25, 0.3) is 0 Å². The minimum Gasteiger partial charge on any atom is -0.353 e. The van der Waals surface area contributed by atoms with Gasteiger partial charge >= 0.3 is 0 Å². The van der Waals surface area contributed by atoms with Crippen LogP contribution in [-0.2, 0) is 11.3 Å². The van der Waals surface area contributed by atoms with Gasteiger partial charge in [-0.15, -0.1) is 0 Å². The molecule has 0 saturated carbocycles. The van der Waals surface area contributed by atoms with Crippen LogP contribution in [0.2, 0.25) is 5.02 Å². The number of rotatable bonds is 4. The molecule has 0 aliphatic carbocycles. The average molecular weight is 373 g/mol. The molecule has 7 heteroatoms. The lowest BCUT2D eigenvalue weighted by Crippen LogP contribution is -2.48. The third-order valence-electron chi connectivity index (χ3n) is 4.42. The number of hydrogen-bond donors (Lipinski definition) is 1. The summed E-state index contributed by atoms with van der Waals surface area (Å²) in [5, 5.41) is 3.58. The van der Waals surface area contributed by atoms with Crippen molar-refractivity contribution in [3.8, 4) is 0 Å². The smallest absolute Gasteiger partial charge is 0.251 e. The van der Waals surface area contributed by atoms with Crippen LogP contribution in [0.1, 0.15) is 22.8 Å². The Morgan fingerprint density at radius 3 is 2.46 bits per heavy atom. The SMILES string of the molecule is CC(=O)N1CCN(c2cc(C(=O)NCc3ccc(Cl)cc3)ccn2)CC1. The van der Waals surface area contributed by atoms with Crippen LogP contribution >= 0.6 is 11.6 Å². The van der Waals surface area contributed by atoms with Crippen molar-refractivity contribution in [2.45, 2.75) is 13.5 Å². The zero-order valence-corrected chi connectivity index (χ0v) is 15.4. The molecule has 0 bridgehead atoms. The Labute approximate surface area is 157 Å². The lowest BCUT2D eigenvalue weighted by atomic mass is 10.2. The number of piperazine rings is 1. The van der Waals surface area contributed by atoms with Gasteiger partial charge in [0.1, 0.15) is 5.82 Å². The second-order valence-electron chi connectivity index (χ2n) is 6.20. The molecule has 1 N–H and O–H groups in total. The molecule has 1 aromatic carbocycles.